The predicted molar refractivity (Wildman–Crippen MR) is 134 cm³/mol. The molecular weight excluding hydrogens is 456 g/mol. The molecule has 11 nitrogen and oxygen atoms in total. The molecule has 4 rings (SSSR count). The van der Waals surface area contributed by atoms with Gasteiger partial charge in [0.2, 0.25) is 10.0 Å². The predicted octanol–water partition coefficient (Wildman–Crippen LogP) is 1.78. The molecule has 0 saturated carbocycles. The van der Waals surface area contributed by atoms with E-state index in [0.717, 1.165) is 11.4 Å². The second-order valence-corrected chi connectivity index (χ2v) is 12.1. The van der Waals surface area contributed by atoms with Crippen LogP contribution < -0.4 is 16.2 Å². The van der Waals surface area contributed by atoms with Crippen LogP contribution in [0.1, 0.15) is 40.7 Å². The summed E-state index contributed by atoms with van der Waals surface area (Å²) in [5, 5.41) is 11.6. The lowest BCUT2D eigenvalue weighted by Crippen LogP contribution is -2.50. The Hall–Kier alpha value is -2.86. The third-order valence-corrected chi connectivity index (χ3v) is 9.11. The van der Waals surface area contributed by atoms with Crippen molar-refractivity contribution in [2.75, 3.05) is 36.8 Å². The Morgan fingerprint density at radius 3 is 2.32 bits per heavy atom. The van der Waals surface area contributed by atoms with E-state index in [1.54, 1.807) is 27.4 Å². The van der Waals surface area contributed by atoms with Crippen LogP contribution in [0.2, 0.25) is 0 Å². The van der Waals surface area contributed by atoms with Gasteiger partial charge < -0.3 is 15.2 Å². The Morgan fingerprint density at radius 2 is 1.74 bits per heavy atom. The Balaban J connectivity index is 1.71. The van der Waals surface area contributed by atoms with E-state index < -0.39 is 15.3 Å². The maximum Gasteiger partial charge on any atom is 0.264 e. The van der Waals surface area contributed by atoms with Crippen molar-refractivity contribution in [2.24, 2.45) is 13.0 Å². The van der Waals surface area contributed by atoms with Gasteiger partial charge in [0.05, 0.1) is 16.5 Å². The summed E-state index contributed by atoms with van der Waals surface area (Å²) in [4.78, 5) is 15.3. The Labute approximate surface area is 199 Å². The topological polar surface area (TPSA) is 135 Å². The summed E-state index contributed by atoms with van der Waals surface area (Å²) in [7, 11) is -1.41. The number of aryl methyl sites for hydroxylation is 1. The second kappa shape index (κ2) is 8.73. The fraction of sp³-hybridized carbons (Fsp3) is 0.591. The van der Waals surface area contributed by atoms with Gasteiger partial charge in [-0.1, -0.05) is 13.8 Å². The molecule has 0 spiro atoms. The molecule has 4 heterocycles. The van der Waals surface area contributed by atoms with Crippen molar-refractivity contribution in [3.63, 3.8) is 0 Å². The van der Waals surface area contributed by atoms with Crippen LogP contribution in [0.4, 0.5) is 11.6 Å². The van der Waals surface area contributed by atoms with Crippen molar-refractivity contribution in [3.8, 4) is 11.3 Å². The monoisotopic (exact) mass is 490 g/mol. The summed E-state index contributed by atoms with van der Waals surface area (Å²) in [5.74, 6) is 1.30. The molecule has 1 unspecified atom stereocenters. The molecule has 1 atom stereocenters. The van der Waals surface area contributed by atoms with E-state index in [4.69, 9.17) is 10.8 Å². The summed E-state index contributed by atoms with van der Waals surface area (Å²) in [5.41, 5.74) is 7.87. The van der Waals surface area contributed by atoms with Gasteiger partial charge in [0.15, 0.2) is 5.82 Å². The highest BCUT2D eigenvalue weighted by molar-refractivity contribution is 7.89. The summed E-state index contributed by atoms with van der Waals surface area (Å²) in [6.07, 6.45) is 1.83. The SMILES string of the molecule is CC(C)C(C)n1cc(-c2cc(N3CCN(S(=O)(=O)C(C)C)CC3)n(C)n2)c2[nH]nc(N)c2c1=O. The van der Waals surface area contributed by atoms with Crippen molar-refractivity contribution >= 4 is 32.6 Å². The normalized spacial score (nSPS) is 16.8. The molecule has 0 aliphatic carbocycles. The lowest BCUT2D eigenvalue weighted by molar-refractivity contribution is 0.378. The van der Waals surface area contributed by atoms with Crippen molar-refractivity contribution in [3.05, 3.63) is 22.6 Å². The van der Waals surface area contributed by atoms with Crippen LogP contribution in [0.5, 0.6) is 0 Å². The van der Waals surface area contributed by atoms with E-state index in [9.17, 15) is 13.2 Å². The van der Waals surface area contributed by atoms with Crippen molar-refractivity contribution in [1.82, 2.24) is 28.9 Å². The summed E-state index contributed by atoms with van der Waals surface area (Å²) in [6.45, 7) is 11.6. The number of fused-ring (bicyclic) bond motifs is 1. The first-order valence-corrected chi connectivity index (χ1v) is 13.1. The van der Waals surface area contributed by atoms with Gasteiger partial charge in [0, 0.05) is 57.1 Å². The van der Waals surface area contributed by atoms with Crippen LogP contribution in [-0.4, -0.2) is 68.7 Å². The molecule has 0 amide bonds. The van der Waals surface area contributed by atoms with Crippen molar-refractivity contribution < 1.29 is 8.42 Å². The minimum Gasteiger partial charge on any atom is -0.382 e. The van der Waals surface area contributed by atoms with Crippen LogP contribution in [0.25, 0.3) is 22.2 Å². The molecule has 0 aromatic carbocycles. The molecule has 186 valence electrons. The van der Waals surface area contributed by atoms with Crippen molar-refractivity contribution in [2.45, 2.75) is 45.9 Å². The van der Waals surface area contributed by atoms with Gasteiger partial charge in [-0.15, -0.1) is 0 Å². The van der Waals surface area contributed by atoms with Gasteiger partial charge in [-0.3, -0.25) is 14.6 Å². The molecule has 34 heavy (non-hydrogen) atoms. The number of anilines is 2. The third-order valence-electron chi connectivity index (χ3n) is 6.83. The quantitative estimate of drug-likeness (QED) is 0.538. The molecule has 3 N–H and O–H groups in total. The number of aromatic nitrogens is 5. The highest BCUT2D eigenvalue weighted by Gasteiger charge is 2.30. The number of nitrogen functional groups attached to an aromatic ring is 1. The van der Waals surface area contributed by atoms with E-state index >= 15 is 0 Å². The average Bonchev–Trinajstić information content (AvgIpc) is 3.37. The first kappa shape index (κ1) is 24.3. The smallest absolute Gasteiger partial charge is 0.264 e. The maximum atomic E-state index is 13.2. The molecule has 12 heteroatoms. The number of H-pyrrole nitrogens is 1. The molecule has 1 saturated heterocycles. The number of piperazine rings is 1. The summed E-state index contributed by atoms with van der Waals surface area (Å²) >= 11 is 0. The number of pyridine rings is 1. The first-order valence-electron chi connectivity index (χ1n) is 11.6. The molecule has 1 aliphatic heterocycles. The largest absolute Gasteiger partial charge is 0.382 e. The van der Waals surface area contributed by atoms with Gasteiger partial charge in [-0.25, -0.2) is 8.42 Å². The van der Waals surface area contributed by atoms with Gasteiger partial charge in [-0.2, -0.15) is 14.5 Å². The van der Waals surface area contributed by atoms with E-state index in [1.165, 1.54) is 0 Å². The lowest BCUT2D eigenvalue weighted by Gasteiger charge is -2.35. The van der Waals surface area contributed by atoms with E-state index in [2.05, 4.69) is 28.9 Å². The van der Waals surface area contributed by atoms with Gasteiger partial charge in [0.1, 0.15) is 11.2 Å². The number of sulfonamides is 1. The number of nitrogens with zero attached hydrogens (tertiary/aromatic N) is 6. The number of nitrogens with two attached hydrogens (primary N) is 1. The Morgan fingerprint density at radius 1 is 1.09 bits per heavy atom. The fourth-order valence-corrected chi connectivity index (χ4v) is 5.60. The Bertz CT molecular complexity index is 1360. The molecule has 0 radical (unpaired) electrons. The number of nitrogens with one attached hydrogen (secondary N) is 1. The van der Waals surface area contributed by atoms with E-state index in [1.807, 2.05) is 26.2 Å². The van der Waals surface area contributed by atoms with Crippen LogP contribution in [0.15, 0.2) is 17.1 Å². The van der Waals surface area contributed by atoms with E-state index in [0.29, 0.717) is 42.8 Å². The second-order valence-electron chi connectivity index (χ2n) is 9.59. The number of hydrogen-bond acceptors (Lipinski definition) is 7. The Kier molecular flexibility index (Phi) is 6.23. The molecular formula is C22H34N8O3S. The van der Waals surface area contributed by atoms with Crippen LogP contribution in [0, 0.1) is 5.92 Å². The summed E-state index contributed by atoms with van der Waals surface area (Å²) in [6, 6.07) is 1.93. The zero-order valence-corrected chi connectivity index (χ0v) is 21.4. The molecule has 1 fully saturated rings. The first-order chi connectivity index (χ1) is 15.9. The molecule has 1 aliphatic rings. The van der Waals surface area contributed by atoms with Crippen LogP contribution in [0.3, 0.4) is 0 Å². The minimum absolute atomic E-state index is 0.0379. The fourth-order valence-electron chi connectivity index (χ4n) is 4.33. The van der Waals surface area contributed by atoms with Crippen molar-refractivity contribution in [1.29, 1.82) is 0 Å². The zero-order chi connectivity index (χ0) is 24.9. The van der Waals surface area contributed by atoms with Crippen LogP contribution in [-0.2, 0) is 17.1 Å². The van der Waals surface area contributed by atoms with Crippen LogP contribution >= 0.6 is 0 Å². The standard InChI is InChI=1S/C22H34N8O3S/c1-13(2)15(5)30-12-16(20-19(22(30)31)21(23)25-24-20)17-11-18(27(6)26-17)28-7-9-29(10-8-28)34(32,33)14(3)4/h11-15H,7-10H2,1-6H3,(H3,23,24,25). The number of aromatic amines is 1. The van der Waals surface area contributed by atoms with Gasteiger partial charge >= 0.3 is 0 Å². The average molecular weight is 491 g/mol. The van der Waals surface area contributed by atoms with Gasteiger partial charge in [-0.05, 0) is 26.7 Å². The molecule has 0 bridgehead atoms. The van der Waals surface area contributed by atoms with Gasteiger partial charge in [0.25, 0.3) is 5.56 Å². The third kappa shape index (κ3) is 3.98. The number of rotatable bonds is 6. The summed E-state index contributed by atoms with van der Waals surface area (Å²) < 4.78 is 30.1. The highest BCUT2D eigenvalue weighted by Crippen LogP contribution is 2.31. The zero-order valence-electron chi connectivity index (χ0n) is 20.6. The maximum absolute atomic E-state index is 13.2. The molecule has 3 aromatic rings. The number of hydrogen-bond donors (Lipinski definition) is 2. The highest BCUT2D eigenvalue weighted by atomic mass is 32.2. The van der Waals surface area contributed by atoms with E-state index in [-0.39, 0.29) is 23.3 Å². The molecule has 3 aromatic heterocycles. The minimum atomic E-state index is -3.27. The lowest BCUT2D eigenvalue weighted by atomic mass is 10.0.